The van der Waals surface area contributed by atoms with Crippen LogP contribution in [-0.2, 0) is 29.1 Å². The molecule has 2 heterocycles. The molecule has 2 saturated heterocycles. The molecule has 0 spiro atoms. The molecular formula is C35H32N6O5. The fraction of sp³-hybridized carbons (Fsp3) is 0.229. The topological polar surface area (TPSA) is 119 Å². The average molecular weight is 617 g/mol. The van der Waals surface area contributed by atoms with Crippen LogP contribution < -0.4 is 5.32 Å². The van der Waals surface area contributed by atoms with Gasteiger partial charge in [-0.2, -0.15) is 5.01 Å². The van der Waals surface area contributed by atoms with Gasteiger partial charge in [0.25, 0.3) is 5.69 Å². The second kappa shape index (κ2) is 13.1. The molecule has 0 aromatic heterocycles. The van der Waals surface area contributed by atoms with Gasteiger partial charge in [0, 0.05) is 31.6 Å². The highest BCUT2D eigenvalue weighted by molar-refractivity contribution is 5.92. The highest BCUT2D eigenvalue weighted by Gasteiger charge is 2.52. The maximum Gasteiger partial charge on any atom is 0.333 e. The smallest absolute Gasteiger partial charge is 0.333 e. The summed E-state index contributed by atoms with van der Waals surface area (Å²) < 4.78 is 0. The van der Waals surface area contributed by atoms with Gasteiger partial charge in [0.1, 0.15) is 12.2 Å². The molecule has 232 valence electrons. The van der Waals surface area contributed by atoms with Crippen LogP contribution in [0.3, 0.4) is 0 Å². The molecule has 2 atom stereocenters. The number of hydrogen-bond donors (Lipinski definition) is 1. The first-order valence-electron chi connectivity index (χ1n) is 14.9. The van der Waals surface area contributed by atoms with Crippen LogP contribution in [0, 0.1) is 22.5 Å². The fourth-order valence-electron chi connectivity index (χ4n) is 6.23. The number of fused-ring (bicyclic) bond motifs is 2. The van der Waals surface area contributed by atoms with E-state index in [9.17, 15) is 24.5 Å². The van der Waals surface area contributed by atoms with Gasteiger partial charge >= 0.3 is 6.03 Å². The molecule has 0 saturated carbocycles. The summed E-state index contributed by atoms with van der Waals surface area (Å²) in [7, 11) is 0. The molecule has 46 heavy (non-hydrogen) atoms. The highest BCUT2D eigenvalue weighted by atomic mass is 16.6. The number of nitro benzene ring substituents is 1. The zero-order valence-corrected chi connectivity index (χ0v) is 25.0. The zero-order chi connectivity index (χ0) is 32.2. The summed E-state index contributed by atoms with van der Waals surface area (Å²) in [5.74, 6) is 1.98. The van der Waals surface area contributed by atoms with Crippen LogP contribution >= 0.6 is 0 Å². The lowest BCUT2D eigenvalue weighted by atomic mass is 9.99. The van der Waals surface area contributed by atoms with Gasteiger partial charge in [0.2, 0.25) is 11.8 Å². The molecule has 4 amide bonds. The van der Waals surface area contributed by atoms with Gasteiger partial charge in [-0.1, -0.05) is 90.8 Å². The van der Waals surface area contributed by atoms with Crippen molar-refractivity contribution in [1.82, 2.24) is 25.1 Å². The number of rotatable bonds is 9. The van der Waals surface area contributed by atoms with Crippen molar-refractivity contribution in [3.63, 3.8) is 0 Å². The van der Waals surface area contributed by atoms with Gasteiger partial charge in [0.15, 0.2) is 0 Å². The first-order chi connectivity index (χ1) is 22.3. The number of hydrogen-bond acceptors (Lipinski definition) is 6. The predicted molar refractivity (Wildman–Crippen MR) is 172 cm³/mol. The van der Waals surface area contributed by atoms with Crippen LogP contribution in [0.4, 0.5) is 10.5 Å². The van der Waals surface area contributed by atoms with Crippen molar-refractivity contribution in [2.24, 2.45) is 0 Å². The quantitative estimate of drug-likeness (QED) is 0.173. The second-order valence-electron chi connectivity index (χ2n) is 11.3. The summed E-state index contributed by atoms with van der Waals surface area (Å²) in [5.41, 5.74) is 2.46. The van der Waals surface area contributed by atoms with E-state index in [1.54, 1.807) is 22.0 Å². The van der Waals surface area contributed by atoms with Gasteiger partial charge in [-0.15, -0.1) is 6.42 Å². The van der Waals surface area contributed by atoms with E-state index in [2.05, 4.69) is 11.2 Å². The number of amides is 4. The Morgan fingerprint density at radius 2 is 1.67 bits per heavy atom. The van der Waals surface area contributed by atoms with Crippen LogP contribution in [0.1, 0.15) is 16.7 Å². The second-order valence-corrected chi connectivity index (χ2v) is 11.3. The number of non-ortho nitro benzene ring substituents is 1. The maximum atomic E-state index is 14.2. The Hall–Kier alpha value is -5.73. The third-order valence-corrected chi connectivity index (χ3v) is 8.46. The number of nitrogens with one attached hydrogen (secondary N) is 1. The molecular weight excluding hydrogens is 584 g/mol. The average Bonchev–Trinajstić information content (AvgIpc) is 3.40. The molecule has 0 aliphatic carbocycles. The van der Waals surface area contributed by atoms with Crippen molar-refractivity contribution in [3.05, 3.63) is 124 Å². The predicted octanol–water partition coefficient (Wildman–Crippen LogP) is 3.93. The van der Waals surface area contributed by atoms with Crippen LogP contribution in [0.2, 0.25) is 0 Å². The van der Waals surface area contributed by atoms with Crippen LogP contribution in [-0.4, -0.2) is 74.4 Å². The molecule has 11 heteroatoms. The Morgan fingerprint density at radius 3 is 2.41 bits per heavy atom. The van der Waals surface area contributed by atoms with Crippen molar-refractivity contribution in [2.75, 3.05) is 19.6 Å². The highest BCUT2D eigenvalue weighted by Crippen LogP contribution is 2.31. The van der Waals surface area contributed by atoms with Crippen LogP contribution in [0.5, 0.6) is 0 Å². The molecule has 4 aromatic carbocycles. The van der Waals surface area contributed by atoms with E-state index < -0.39 is 23.2 Å². The zero-order valence-electron chi connectivity index (χ0n) is 25.0. The Labute approximate surface area is 266 Å². The Kier molecular flexibility index (Phi) is 8.63. The number of hydrazine groups is 1. The van der Waals surface area contributed by atoms with Gasteiger partial charge in [0.05, 0.1) is 24.6 Å². The largest absolute Gasteiger partial charge is 0.333 e. The van der Waals surface area contributed by atoms with Gasteiger partial charge in [-0.05, 0) is 27.5 Å². The van der Waals surface area contributed by atoms with E-state index in [-0.39, 0.29) is 50.1 Å². The summed E-state index contributed by atoms with van der Waals surface area (Å²) in [5, 5.41) is 19.2. The first kappa shape index (κ1) is 30.3. The minimum Gasteiger partial charge on any atom is -0.333 e. The maximum absolute atomic E-state index is 14.2. The van der Waals surface area contributed by atoms with Crippen LogP contribution in [0.15, 0.2) is 97.1 Å². The number of nitro groups is 1. The van der Waals surface area contributed by atoms with Crippen molar-refractivity contribution in [1.29, 1.82) is 0 Å². The van der Waals surface area contributed by atoms with Gasteiger partial charge < -0.3 is 15.1 Å². The molecule has 0 bridgehead atoms. The number of carbonyl (C=O) groups excluding carboxylic acids is 3. The standard InChI is InChI=1S/C35H32N6O5/c1-2-19-38(35(44)36-21-26-9-4-3-5-10-26)39-24-33(42)40-31(20-25-15-17-29(18-16-25)41(45)46)34(43)37(23-32(39)40)22-28-13-8-12-27-11-6-7-14-30(27)28/h1,3-18,31-32H,19-24H2,(H,36,44)/t31-,32+/m0/s1. The summed E-state index contributed by atoms with van der Waals surface area (Å²) >= 11 is 0. The molecule has 0 unspecified atom stereocenters. The summed E-state index contributed by atoms with van der Waals surface area (Å²) in [6.45, 7) is 0.488. The molecule has 2 fully saturated rings. The SMILES string of the molecule is C#CCN(C(=O)NCc1ccccc1)N1CC(=O)N2[C@@H](Cc3ccc([N+](=O)[O-])cc3)C(=O)N(Cc3cccc4ccccc34)C[C@@H]21. The van der Waals surface area contributed by atoms with E-state index in [4.69, 9.17) is 6.42 Å². The summed E-state index contributed by atoms with van der Waals surface area (Å²) in [6, 6.07) is 27.9. The van der Waals surface area contributed by atoms with Crippen molar-refractivity contribution >= 4 is 34.3 Å². The third kappa shape index (κ3) is 6.11. The monoisotopic (exact) mass is 616 g/mol. The van der Waals surface area contributed by atoms with E-state index in [1.165, 1.54) is 22.0 Å². The molecule has 1 N–H and O–H groups in total. The van der Waals surface area contributed by atoms with Crippen molar-refractivity contribution in [3.8, 4) is 12.3 Å². The van der Waals surface area contributed by atoms with E-state index >= 15 is 0 Å². The molecule has 11 nitrogen and oxygen atoms in total. The molecule has 2 aliphatic heterocycles. The number of terminal acetylenes is 1. The minimum absolute atomic E-state index is 0.0657. The van der Waals surface area contributed by atoms with Crippen LogP contribution in [0.25, 0.3) is 10.8 Å². The molecule has 0 radical (unpaired) electrons. The number of piperazine rings is 1. The Bertz CT molecular complexity index is 1820. The van der Waals surface area contributed by atoms with Crippen molar-refractivity contribution in [2.45, 2.75) is 31.7 Å². The summed E-state index contributed by atoms with van der Waals surface area (Å²) in [6.07, 6.45) is 5.18. The molecule has 4 aromatic rings. The Balaban J connectivity index is 1.32. The third-order valence-electron chi connectivity index (χ3n) is 8.46. The summed E-state index contributed by atoms with van der Waals surface area (Å²) in [4.78, 5) is 55.4. The van der Waals surface area contributed by atoms with E-state index in [0.717, 1.165) is 21.9 Å². The van der Waals surface area contributed by atoms with Crippen molar-refractivity contribution < 1.29 is 19.3 Å². The Morgan fingerprint density at radius 1 is 0.957 bits per heavy atom. The molecule has 2 aliphatic rings. The fourth-order valence-corrected chi connectivity index (χ4v) is 6.23. The lowest BCUT2D eigenvalue weighted by molar-refractivity contribution is -0.384. The lowest BCUT2D eigenvalue weighted by Gasteiger charge is -2.46. The number of urea groups is 1. The lowest BCUT2D eigenvalue weighted by Crippen LogP contribution is -2.66. The number of benzene rings is 4. The first-order valence-corrected chi connectivity index (χ1v) is 14.9. The van der Waals surface area contributed by atoms with E-state index in [0.29, 0.717) is 12.1 Å². The normalized spacial score (nSPS) is 17.9. The minimum atomic E-state index is -0.896. The van der Waals surface area contributed by atoms with Gasteiger partial charge in [-0.25, -0.2) is 9.80 Å². The number of carbonyl (C=O) groups is 3. The number of nitrogens with zero attached hydrogens (tertiary/aromatic N) is 5. The van der Waals surface area contributed by atoms with Gasteiger partial charge in [-0.3, -0.25) is 19.7 Å². The van der Waals surface area contributed by atoms with E-state index in [1.807, 2.05) is 72.8 Å². The molecule has 6 rings (SSSR count).